The first-order valence-corrected chi connectivity index (χ1v) is 16.3. The Labute approximate surface area is 286 Å². The molecule has 1 N–H and O–H groups in total. The van der Waals surface area contributed by atoms with Gasteiger partial charge in [0.1, 0.15) is 18.1 Å². The Balaban J connectivity index is 1.32. The monoisotopic (exact) mass is 749 g/mol. The molecule has 2 aliphatic heterocycles. The van der Waals surface area contributed by atoms with E-state index >= 15 is 0 Å². The van der Waals surface area contributed by atoms with E-state index in [1.165, 1.54) is 0 Å². The predicted molar refractivity (Wildman–Crippen MR) is 171 cm³/mol. The number of halogens is 7. The highest BCUT2D eigenvalue weighted by Crippen LogP contribution is 2.51. The highest BCUT2D eigenvalue weighted by Gasteiger charge is 2.57. The molecule has 0 radical (unpaired) electrons. The molecule has 49 heavy (non-hydrogen) atoms. The number of benzene rings is 3. The molecule has 2 saturated heterocycles. The number of para-hydroxylation sites is 1. The number of carbonyl (C=O) groups is 2. The molecule has 0 spiro atoms. The van der Waals surface area contributed by atoms with E-state index in [1.807, 2.05) is 19.1 Å². The molecule has 0 aromatic heterocycles. The highest BCUT2D eigenvalue weighted by atomic mass is 79.9. The molecule has 13 heteroatoms. The van der Waals surface area contributed by atoms with Crippen LogP contribution < -0.4 is 9.64 Å². The largest absolute Gasteiger partial charge is 0.507 e. The zero-order valence-electron chi connectivity index (χ0n) is 25.9. The van der Waals surface area contributed by atoms with Crippen molar-refractivity contribution in [3.05, 3.63) is 105 Å². The normalized spacial score (nSPS) is 22.9. The lowest BCUT2D eigenvalue weighted by molar-refractivity contribution is -0.143. The van der Waals surface area contributed by atoms with Crippen molar-refractivity contribution in [2.45, 2.75) is 44.6 Å². The molecule has 6 rings (SSSR count). The number of rotatable bonds is 8. The van der Waals surface area contributed by atoms with Gasteiger partial charge in [0.25, 0.3) is 0 Å². The lowest BCUT2D eigenvalue weighted by Gasteiger charge is -2.31. The van der Waals surface area contributed by atoms with Gasteiger partial charge in [0.2, 0.25) is 11.8 Å². The molecule has 2 fully saturated rings. The number of ether oxygens (including phenoxy) is 2. The molecule has 0 unspecified atom stereocenters. The maximum atomic E-state index is 13.9. The zero-order valence-corrected chi connectivity index (χ0v) is 27.5. The second-order valence-electron chi connectivity index (χ2n) is 12.4. The minimum absolute atomic E-state index is 0.0239. The van der Waals surface area contributed by atoms with E-state index in [9.17, 15) is 41.0 Å². The fraction of sp³-hybridized carbons (Fsp3) is 0.333. The lowest BCUT2D eigenvalue weighted by Crippen LogP contribution is -2.35. The number of imide groups is 1. The van der Waals surface area contributed by atoms with Crippen LogP contribution in [0, 0.1) is 17.8 Å². The molecule has 1 aliphatic carbocycles. The van der Waals surface area contributed by atoms with Crippen molar-refractivity contribution in [2.75, 3.05) is 18.1 Å². The van der Waals surface area contributed by atoms with Crippen LogP contribution in [-0.2, 0) is 26.7 Å². The number of anilines is 1. The molecule has 3 aliphatic rings. The third-order valence-corrected chi connectivity index (χ3v) is 9.68. The van der Waals surface area contributed by atoms with Crippen molar-refractivity contribution >= 4 is 39.5 Å². The quantitative estimate of drug-likeness (QED) is 0.141. The summed E-state index contributed by atoms with van der Waals surface area (Å²) in [6, 6.07) is 14.7. The molecule has 6 nitrogen and oxygen atoms in total. The predicted octanol–water partition coefficient (Wildman–Crippen LogP) is 8.98. The van der Waals surface area contributed by atoms with Gasteiger partial charge in [-0.3, -0.25) is 9.59 Å². The zero-order chi connectivity index (χ0) is 35.2. The lowest BCUT2D eigenvalue weighted by atomic mass is 9.69. The molecule has 2 amide bonds. The first kappa shape index (κ1) is 34.8. The van der Waals surface area contributed by atoms with E-state index in [0.717, 1.165) is 15.6 Å². The van der Waals surface area contributed by atoms with Gasteiger partial charge < -0.3 is 14.6 Å². The van der Waals surface area contributed by atoms with Crippen molar-refractivity contribution in [1.29, 1.82) is 0 Å². The number of nitrogens with zero attached hydrogens (tertiary/aromatic N) is 1. The third kappa shape index (κ3) is 7.14. The molecular formula is C36H30BrF6NO5. The maximum absolute atomic E-state index is 13.9. The summed E-state index contributed by atoms with van der Waals surface area (Å²) in [7, 11) is 0. The Morgan fingerprint density at radius 3 is 2.29 bits per heavy atom. The minimum Gasteiger partial charge on any atom is -0.507 e. The summed E-state index contributed by atoms with van der Waals surface area (Å²) in [4.78, 5) is 28.2. The van der Waals surface area contributed by atoms with Crippen LogP contribution in [0.4, 0.5) is 32.0 Å². The van der Waals surface area contributed by atoms with Crippen LogP contribution in [0.15, 0.2) is 87.9 Å². The van der Waals surface area contributed by atoms with E-state index in [-0.39, 0.29) is 31.5 Å². The van der Waals surface area contributed by atoms with Crippen molar-refractivity contribution in [3.8, 4) is 11.5 Å². The van der Waals surface area contributed by atoms with Crippen LogP contribution in [0.3, 0.4) is 0 Å². The van der Waals surface area contributed by atoms with Crippen molar-refractivity contribution in [1.82, 2.24) is 0 Å². The van der Waals surface area contributed by atoms with E-state index < -0.39 is 64.8 Å². The average molecular weight is 751 g/mol. The topological polar surface area (TPSA) is 76.1 Å². The van der Waals surface area contributed by atoms with Gasteiger partial charge in [-0.05, 0) is 85.9 Å². The molecule has 0 saturated carbocycles. The summed E-state index contributed by atoms with van der Waals surface area (Å²) in [5.41, 5.74) is -1.00. The number of allylic oxidation sites excluding steroid dienone is 1. The third-order valence-electron chi connectivity index (χ3n) is 9.19. The molecule has 3 aromatic rings. The number of phenolic OH excluding ortho intramolecular Hbond substituents is 1. The Hall–Kier alpha value is -4.10. The standard InChI is InChI=1S/C36H30BrF6NO5/c1-19(11-20-12-24(37)8-9-29(20)45)7-10-30-31-21(17-48-26-5-3-2-4-6-26)13-27-32(28(31)18-49-30)34(47)44(33(27)46)25-15-22(35(38,39)40)14-23(16-25)36(41,42)43/h2-6,8-9,11-12,14-16,27-28,30,32,45H,7,10,13,17-18H2,1H3/b19-11+/t27-,28+,30-,32-/m1/s1. The second kappa shape index (κ2) is 13.3. The Morgan fingerprint density at radius 1 is 0.959 bits per heavy atom. The van der Waals surface area contributed by atoms with Gasteiger partial charge in [0.05, 0.1) is 41.4 Å². The summed E-state index contributed by atoms with van der Waals surface area (Å²) in [6.45, 7) is 1.98. The maximum Gasteiger partial charge on any atom is 0.416 e. The van der Waals surface area contributed by atoms with Gasteiger partial charge in [-0.15, -0.1) is 0 Å². The number of carbonyl (C=O) groups excluding carboxylic acids is 2. The van der Waals surface area contributed by atoms with Crippen molar-refractivity contribution < 1.29 is 50.5 Å². The molecule has 3 aromatic carbocycles. The van der Waals surface area contributed by atoms with Crippen LogP contribution >= 0.6 is 15.9 Å². The number of hydrogen-bond acceptors (Lipinski definition) is 5. The first-order chi connectivity index (χ1) is 23.1. The molecule has 4 atom stereocenters. The first-order valence-electron chi connectivity index (χ1n) is 15.5. The Bertz CT molecular complexity index is 1810. The molecule has 258 valence electrons. The van der Waals surface area contributed by atoms with Crippen molar-refractivity contribution in [3.63, 3.8) is 0 Å². The van der Waals surface area contributed by atoms with Gasteiger partial charge in [-0.1, -0.05) is 45.8 Å². The average Bonchev–Trinajstić information content (AvgIpc) is 3.58. The summed E-state index contributed by atoms with van der Waals surface area (Å²) >= 11 is 3.40. The van der Waals surface area contributed by atoms with E-state index in [1.54, 1.807) is 42.5 Å². The second-order valence-corrected chi connectivity index (χ2v) is 13.3. The van der Waals surface area contributed by atoms with Crippen LogP contribution in [-0.4, -0.2) is 36.2 Å². The van der Waals surface area contributed by atoms with Gasteiger partial charge in [0.15, 0.2) is 0 Å². The smallest absolute Gasteiger partial charge is 0.416 e. The van der Waals surface area contributed by atoms with Crippen LogP contribution in [0.1, 0.15) is 42.9 Å². The van der Waals surface area contributed by atoms with Gasteiger partial charge in [-0.2, -0.15) is 26.3 Å². The highest BCUT2D eigenvalue weighted by molar-refractivity contribution is 9.10. The number of hydrogen-bond donors (Lipinski definition) is 1. The molecular weight excluding hydrogens is 720 g/mol. The summed E-state index contributed by atoms with van der Waals surface area (Å²) < 4.78 is 95.2. The van der Waals surface area contributed by atoms with E-state index in [4.69, 9.17) is 9.47 Å². The van der Waals surface area contributed by atoms with Gasteiger partial charge in [0, 0.05) is 16.0 Å². The van der Waals surface area contributed by atoms with Crippen molar-refractivity contribution in [2.24, 2.45) is 17.8 Å². The summed E-state index contributed by atoms with van der Waals surface area (Å²) in [5, 5.41) is 10.3. The van der Waals surface area contributed by atoms with Gasteiger partial charge >= 0.3 is 12.4 Å². The van der Waals surface area contributed by atoms with Gasteiger partial charge in [-0.25, -0.2) is 4.90 Å². The fourth-order valence-electron chi connectivity index (χ4n) is 6.95. The Morgan fingerprint density at radius 2 is 1.63 bits per heavy atom. The molecule has 2 heterocycles. The summed E-state index contributed by atoms with van der Waals surface area (Å²) in [6.07, 6.45) is -7.91. The van der Waals surface area contributed by atoms with E-state index in [0.29, 0.717) is 46.8 Å². The SMILES string of the molecule is C/C(=C\c1cc(Br)ccc1O)CC[C@H]1OC[C@H]2C1=C(COc1ccccc1)C[C@H]1C(=O)N(c3cc(C(F)(F)F)cc(C(F)(F)F)c3)C(=O)[C@H]12. The number of aromatic hydroxyl groups is 1. The Kier molecular flexibility index (Phi) is 9.44. The number of amides is 2. The van der Waals surface area contributed by atoms with Crippen LogP contribution in [0.5, 0.6) is 11.5 Å². The molecule has 0 bridgehead atoms. The number of fused-ring (bicyclic) bond motifs is 3. The number of phenols is 1. The fourth-order valence-corrected chi connectivity index (χ4v) is 7.33. The summed E-state index contributed by atoms with van der Waals surface area (Å²) in [5.74, 6) is -3.76. The van der Waals surface area contributed by atoms with Crippen LogP contribution in [0.25, 0.3) is 6.08 Å². The minimum atomic E-state index is -5.15. The van der Waals surface area contributed by atoms with E-state index in [2.05, 4.69) is 15.9 Å². The van der Waals surface area contributed by atoms with Crippen LogP contribution in [0.2, 0.25) is 0 Å². The number of alkyl halides is 6.